The van der Waals surface area contributed by atoms with Crippen molar-refractivity contribution in [1.29, 1.82) is 0 Å². The SMILES string of the molecule is Cn1nc(C(F)(F)F)cc1-c1cnc(NCc2ccccc2F)nc1. The minimum atomic E-state index is -4.52. The molecule has 1 N–H and O–H groups in total. The van der Waals surface area contributed by atoms with Crippen LogP contribution in [0, 0.1) is 5.82 Å². The van der Waals surface area contributed by atoms with E-state index < -0.39 is 11.9 Å². The highest BCUT2D eigenvalue weighted by molar-refractivity contribution is 5.58. The topological polar surface area (TPSA) is 55.6 Å². The fraction of sp³-hybridized carbons (Fsp3) is 0.188. The van der Waals surface area contributed by atoms with E-state index in [1.807, 2.05) is 0 Å². The molecule has 0 radical (unpaired) electrons. The fourth-order valence-electron chi connectivity index (χ4n) is 2.24. The van der Waals surface area contributed by atoms with Crippen molar-refractivity contribution in [3.8, 4) is 11.3 Å². The van der Waals surface area contributed by atoms with Gasteiger partial charge >= 0.3 is 6.18 Å². The predicted octanol–water partition coefficient (Wildman–Crippen LogP) is 3.65. The highest BCUT2D eigenvalue weighted by Crippen LogP contribution is 2.31. The minimum Gasteiger partial charge on any atom is -0.350 e. The van der Waals surface area contributed by atoms with Crippen molar-refractivity contribution in [2.24, 2.45) is 7.05 Å². The van der Waals surface area contributed by atoms with E-state index in [0.29, 0.717) is 11.1 Å². The second-order valence-electron chi connectivity index (χ2n) is 5.28. The zero-order chi connectivity index (χ0) is 18.0. The summed E-state index contributed by atoms with van der Waals surface area (Å²) in [4.78, 5) is 8.09. The summed E-state index contributed by atoms with van der Waals surface area (Å²) in [6, 6.07) is 7.22. The van der Waals surface area contributed by atoms with Crippen LogP contribution in [0.15, 0.2) is 42.7 Å². The van der Waals surface area contributed by atoms with Gasteiger partial charge in [0.1, 0.15) is 5.82 Å². The molecular weight excluding hydrogens is 338 g/mol. The molecule has 0 spiro atoms. The molecule has 0 atom stereocenters. The zero-order valence-electron chi connectivity index (χ0n) is 13.0. The van der Waals surface area contributed by atoms with Gasteiger partial charge in [-0.05, 0) is 12.1 Å². The molecule has 0 fully saturated rings. The van der Waals surface area contributed by atoms with Crippen molar-refractivity contribution in [3.05, 3.63) is 59.8 Å². The molecule has 25 heavy (non-hydrogen) atoms. The molecule has 0 aliphatic carbocycles. The molecular formula is C16H13F4N5. The predicted molar refractivity (Wildman–Crippen MR) is 83.0 cm³/mol. The summed E-state index contributed by atoms with van der Waals surface area (Å²) in [7, 11) is 1.41. The standard InChI is InChI=1S/C16H13F4N5/c1-25-13(6-14(24-25)16(18,19)20)11-8-22-15(23-9-11)21-7-10-4-2-3-5-12(10)17/h2-6,8-9H,7H2,1H3,(H,21,22,23). The maximum absolute atomic E-state index is 13.5. The molecule has 0 bridgehead atoms. The molecule has 3 rings (SSSR count). The first-order valence-corrected chi connectivity index (χ1v) is 7.25. The van der Waals surface area contributed by atoms with E-state index in [1.54, 1.807) is 18.2 Å². The average Bonchev–Trinajstić information content (AvgIpc) is 2.97. The second-order valence-corrected chi connectivity index (χ2v) is 5.28. The Labute approximate surface area is 140 Å². The molecule has 0 saturated carbocycles. The van der Waals surface area contributed by atoms with Gasteiger partial charge in [0.05, 0.1) is 5.69 Å². The maximum Gasteiger partial charge on any atom is 0.435 e. The number of nitrogens with one attached hydrogen (secondary N) is 1. The van der Waals surface area contributed by atoms with Crippen molar-refractivity contribution in [2.45, 2.75) is 12.7 Å². The van der Waals surface area contributed by atoms with Crippen LogP contribution in [0.25, 0.3) is 11.3 Å². The molecule has 1 aromatic carbocycles. The van der Waals surface area contributed by atoms with Crippen LogP contribution in [0.3, 0.4) is 0 Å². The highest BCUT2D eigenvalue weighted by atomic mass is 19.4. The Balaban J connectivity index is 1.75. The molecule has 0 aliphatic rings. The number of aromatic nitrogens is 4. The first-order valence-electron chi connectivity index (χ1n) is 7.25. The van der Waals surface area contributed by atoms with Crippen molar-refractivity contribution in [2.75, 3.05) is 5.32 Å². The number of benzene rings is 1. The van der Waals surface area contributed by atoms with Crippen molar-refractivity contribution in [1.82, 2.24) is 19.7 Å². The van der Waals surface area contributed by atoms with Crippen LogP contribution in [-0.4, -0.2) is 19.7 Å². The Kier molecular flexibility index (Phi) is 4.39. The Morgan fingerprint density at radius 1 is 1.12 bits per heavy atom. The summed E-state index contributed by atoms with van der Waals surface area (Å²) in [5.74, 6) is -0.105. The number of halogens is 4. The Bertz CT molecular complexity index is 871. The summed E-state index contributed by atoms with van der Waals surface area (Å²) < 4.78 is 52.8. The second kappa shape index (κ2) is 6.50. The summed E-state index contributed by atoms with van der Waals surface area (Å²) in [6.45, 7) is 0.190. The highest BCUT2D eigenvalue weighted by Gasteiger charge is 2.34. The lowest BCUT2D eigenvalue weighted by atomic mass is 10.2. The van der Waals surface area contributed by atoms with Gasteiger partial charge in [0.2, 0.25) is 5.95 Å². The molecule has 0 saturated heterocycles. The molecule has 0 amide bonds. The van der Waals surface area contributed by atoms with Gasteiger partial charge in [-0.15, -0.1) is 0 Å². The van der Waals surface area contributed by atoms with E-state index in [-0.39, 0.29) is 24.0 Å². The monoisotopic (exact) mass is 351 g/mol. The molecule has 0 aliphatic heterocycles. The molecule has 2 aromatic heterocycles. The normalized spacial score (nSPS) is 11.6. The van der Waals surface area contributed by atoms with Crippen LogP contribution < -0.4 is 5.32 Å². The van der Waals surface area contributed by atoms with E-state index in [0.717, 1.165) is 10.7 Å². The lowest BCUT2D eigenvalue weighted by Gasteiger charge is -2.06. The van der Waals surface area contributed by atoms with Crippen LogP contribution in [0.5, 0.6) is 0 Å². The fourth-order valence-corrected chi connectivity index (χ4v) is 2.24. The van der Waals surface area contributed by atoms with Gasteiger partial charge in [0.25, 0.3) is 0 Å². The molecule has 5 nitrogen and oxygen atoms in total. The number of alkyl halides is 3. The summed E-state index contributed by atoms with van der Waals surface area (Å²) in [5.41, 5.74) is 0.110. The van der Waals surface area contributed by atoms with Crippen molar-refractivity contribution < 1.29 is 17.6 Å². The maximum atomic E-state index is 13.5. The Morgan fingerprint density at radius 2 is 1.80 bits per heavy atom. The van der Waals surface area contributed by atoms with Crippen LogP contribution in [0.4, 0.5) is 23.5 Å². The van der Waals surface area contributed by atoms with Gasteiger partial charge in [-0.1, -0.05) is 18.2 Å². The quantitative estimate of drug-likeness (QED) is 0.729. The van der Waals surface area contributed by atoms with Crippen molar-refractivity contribution >= 4 is 5.95 Å². The van der Waals surface area contributed by atoms with Crippen LogP contribution in [0.1, 0.15) is 11.3 Å². The van der Waals surface area contributed by atoms with Gasteiger partial charge in [-0.25, -0.2) is 14.4 Å². The van der Waals surface area contributed by atoms with E-state index in [4.69, 9.17) is 0 Å². The lowest BCUT2D eigenvalue weighted by Crippen LogP contribution is -2.06. The Morgan fingerprint density at radius 3 is 2.40 bits per heavy atom. The average molecular weight is 351 g/mol. The summed E-state index contributed by atoms with van der Waals surface area (Å²) in [5, 5.41) is 6.31. The van der Waals surface area contributed by atoms with Crippen LogP contribution in [0.2, 0.25) is 0 Å². The third-order valence-electron chi connectivity index (χ3n) is 3.51. The molecule has 2 heterocycles. The van der Waals surface area contributed by atoms with Gasteiger partial charge < -0.3 is 5.32 Å². The van der Waals surface area contributed by atoms with Gasteiger partial charge in [0, 0.05) is 37.1 Å². The third-order valence-corrected chi connectivity index (χ3v) is 3.51. The number of hydrogen-bond acceptors (Lipinski definition) is 4. The number of aryl methyl sites for hydroxylation is 1. The zero-order valence-corrected chi connectivity index (χ0v) is 13.0. The van der Waals surface area contributed by atoms with Gasteiger partial charge in [-0.2, -0.15) is 18.3 Å². The first kappa shape index (κ1) is 16.9. The molecule has 0 unspecified atom stereocenters. The van der Waals surface area contributed by atoms with Crippen molar-refractivity contribution in [3.63, 3.8) is 0 Å². The lowest BCUT2D eigenvalue weighted by molar-refractivity contribution is -0.141. The molecule has 9 heteroatoms. The number of nitrogens with zero attached hydrogens (tertiary/aromatic N) is 4. The van der Waals surface area contributed by atoms with Crippen LogP contribution in [-0.2, 0) is 19.8 Å². The number of anilines is 1. The van der Waals surface area contributed by atoms with Crippen LogP contribution >= 0.6 is 0 Å². The van der Waals surface area contributed by atoms with E-state index in [1.165, 1.54) is 25.5 Å². The third kappa shape index (κ3) is 3.76. The number of hydrogen-bond donors (Lipinski definition) is 1. The van der Waals surface area contributed by atoms with E-state index in [2.05, 4.69) is 20.4 Å². The van der Waals surface area contributed by atoms with E-state index in [9.17, 15) is 17.6 Å². The summed E-state index contributed by atoms with van der Waals surface area (Å²) in [6.07, 6.45) is -1.75. The van der Waals surface area contributed by atoms with Gasteiger partial charge in [0.15, 0.2) is 5.69 Å². The largest absolute Gasteiger partial charge is 0.435 e. The van der Waals surface area contributed by atoms with Gasteiger partial charge in [-0.3, -0.25) is 4.68 Å². The Hall–Kier alpha value is -2.97. The summed E-state index contributed by atoms with van der Waals surface area (Å²) >= 11 is 0. The smallest absolute Gasteiger partial charge is 0.350 e. The molecule has 130 valence electrons. The first-order chi connectivity index (χ1) is 11.8. The van der Waals surface area contributed by atoms with E-state index >= 15 is 0 Å². The molecule has 3 aromatic rings. The number of rotatable bonds is 4. The minimum absolute atomic E-state index is 0.190.